The van der Waals surface area contributed by atoms with Crippen LogP contribution in [0.5, 0.6) is 0 Å². The molecule has 0 bridgehead atoms. The lowest BCUT2D eigenvalue weighted by Gasteiger charge is -2.13. The summed E-state index contributed by atoms with van der Waals surface area (Å²) in [6.45, 7) is 3.58. The number of hydrogen-bond donors (Lipinski definition) is 3. The van der Waals surface area contributed by atoms with Crippen LogP contribution in [-0.2, 0) is 16.1 Å². The summed E-state index contributed by atoms with van der Waals surface area (Å²) in [4.78, 5) is 14.6. The second kappa shape index (κ2) is 7.03. The number of methoxy groups -OCH3 is 1. The van der Waals surface area contributed by atoms with Gasteiger partial charge in [0.25, 0.3) is 0 Å². The number of nitrogens with one attached hydrogen (secondary N) is 3. The number of rotatable bonds is 7. The van der Waals surface area contributed by atoms with Crippen LogP contribution in [0.25, 0.3) is 0 Å². The summed E-state index contributed by atoms with van der Waals surface area (Å²) in [6, 6.07) is 3.70. The van der Waals surface area contributed by atoms with Gasteiger partial charge in [-0.25, -0.2) is 0 Å². The van der Waals surface area contributed by atoms with E-state index < -0.39 is 0 Å². The van der Waals surface area contributed by atoms with Gasteiger partial charge in [0.2, 0.25) is 5.91 Å². The molecule has 1 aromatic rings. The van der Waals surface area contributed by atoms with E-state index in [0.29, 0.717) is 19.7 Å². The number of ether oxygens (including phenoxy) is 1. The Morgan fingerprint density at radius 3 is 3.06 bits per heavy atom. The zero-order valence-corrected chi connectivity index (χ0v) is 9.75. The van der Waals surface area contributed by atoms with E-state index in [2.05, 4.69) is 15.6 Å². The first kappa shape index (κ1) is 12.7. The van der Waals surface area contributed by atoms with Crippen molar-refractivity contribution in [2.45, 2.75) is 19.5 Å². The molecule has 0 aliphatic carbocycles. The Morgan fingerprint density at radius 1 is 1.62 bits per heavy atom. The van der Waals surface area contributed by atoms with Gasteiger partial charge < -0.3 is 20.4 Å². The van der Waals surface area contributed by atoms with Crippen LogP contribution in [0.15, 0.2) is 18.3 Å². The van der Waals surface area contributed by atoms with Crippen molar-refractivity contribution >= 4 is 5.91 Å². The lowest BCUT2D eigenvalue weighted by molar-refractivity contribution is -0.122. The van der Waals surface area contributed by atoms with Crippen LogP contribution in [-0.4, -0.2) is 37.2 Å². The predicted molar refractivity (Wildman–Crippen MR) is 62.0 cm³/mol. The van der Waals surface area contributed by atoms with Gasteiger partial charge in [-0.3, -0.25) is 4.79 Å². The van der Waals surface area contributed by atoms with Crippen LogP contribution in [0.4, 0.5) is 0 Å². The summed E-state index contributed by atoms with van der Waals surface area (Å²) < 4.78 is 4.85. The molecule has 1 heterocycles. The molecule has 5 nitrogen and oxygen atoms in total. The average Bonchev–Trinajstić information content (AvgIpc) is 2.79. The van der Waals surface area contributed by atoms with Crippen molar-refractivity contribution in [1.29, 1.82) is 0 Å². The third-order valence-electron chi connectivity index (χ3n) is 2.26. The first-order chi connectivity index (χ1) is 7.74. The molecule has 1 rings (SSSR count). The van der Waals surface area contributed by atoms with Crippen LogP contribution in [0.2, 0.25) is 0 Å². The maximum Gasteiger partial charge on any atom is 0.236 e. The smallest absolute Gasteiger partial charge is 0.236 e. The molecule has 1 unspecified atom stereocenters. The topological polar surface area (TPSA) is 66.2 Å². The highest BCUT2D eigenvalue weighted by Crippen LogP contribution is 1.94. The van der Waals surface area contributed by atoms with Crippen LogP contribution in [0, 0.1) is 0 Å². The Kier molecular flexibility index (Phi) is 5.60. The van der Waals surface area contributed by atoms with Gasteiger partial charge in [0.1, 0.15) is 0 Å². The largest absolute Gasteiger partial charge is 0.383 e. The Labute approximate surface area is 95.6 Å². The van der Waals surface area contributed by atoms with Gasteiger partial charge in [-0.2, -0.15) is 0 Å². The summed E-state index contributed by atoms with van der Waals surface area (Å²) in [5.41, 5.74) is 1.07. The fraction of sp³-hybridized carbons (Fsp3) is 0.545. The van der Waals surface area contributed by atoms with Gasteiger partial charge in [-0.05, 0) is 19.1 Å². The van der Waals surface area contributed by atoms with Crippen LogP contribution < -0.4 is 10.6 Å². The monoisotopic (exact) mass is 225 g/mol. The summed E-state index contributed by atoms with van der Waals surface area (Å²) >= 11 is 0. The summed E-state index contributed by atoms with van der Waals surface area (Å²) in [6.07, 6.45) is 1.86. The van der Waals surface area contributed by atoms with E-state index in [4.69, 9.17) is 4.74 Å². The third-order valence-corrected chi connectivity index (χ3v) is 2.26. The van der Waals surface area contributed by atoms with E-state index in [1.165, 1.54) is 0 Å². The molecule has 0 radical (unpaired) electrons. The van der Waals surface area contributed by atoms with Gasteiger partial charge >= 0.3 is 0 Å². The fourth-order valence-corrected chi connectivity index (χ4v) is 1.26. The number of aromatic nitrogens is 1. The summed E-state index contributed by atoms with van der Waals surface area (Å²) in [5, 5.41) is 5.90. The maximum absolute atomic E-state index is 11.5. The van der Waals surface area contributed by atoms with E-state index in [1.807, 2.05) is 25.3 Å². The molecule has 0 spiro atoms. The van der Waals surface area contributed by atoms with E-state index in [9.17, 15) is 4.79 Å². The third kappa shape index (κ3) is 4.46. The first-order valence-corrected chi connectivity index (χ1v) is 5.36. The van der Waals surface area contributed by atoms with E-state index in [-0.39, 0.29) is 11.9 Å². The van der Waals surface area contributed by atoms with Crippen molar-refractivity contribution in [2.24, 2.45) is 0 Å². The minimum Gasteiger partial charge on any atom is -0.383 e. The van der Waals surface area contributed by atoms with Crippen molar-refractivity contribution in [3.05, 3.63) is 24.0 Å². The number of hydrogen-bond acceptors (Lipinski definition) is 3. The maximum atomic E-state index is 11.5. The molecule has 5 heteroatoms. The lowest BCUT2D eigenvalue weighted by Crippen LogP contribution is -2.42. The summed E-state index contributed by atoms with van der Waals surface area (Å²) in [5.74, 6) is -0.0105. The molecule has 0 aliphatic heterocycles. The second-order valence-corrected chi connectivity index (χ2v) is 3.58. The molecule has 1 atom stereocenters. The highest BCUT2D eigenvalue weighted by atomic mass is 16.5. The number of carbonyl (C=O) groups excluding carboxylic acids is 1. The number of carbonyl (C=O) groups is 1. The van der Waals surface area contributed by atoms with E-state index >= 15 is 0 Å². The zero-order chi connectivity index (χ0) is 11.8. The van der Waals surface area contributed by atoms with Gasteiger partial charge in [0, 0.05) is 32.1 Å². The van der Waals surface area contributed by atoms with Crippen molar-refractivity contribution in [1.82, 2.24) is 15.6 Å². The van der Waals surface area contributed by atoms with Gasteiger partial charge in [-0.1, -0.05) is 0 Å². The average molecular weight is 225 g/mol. The number of H-pyrrole nitrogens is 1. The molecule has 90 valence electrons. The predicted octanol–water partition coefficient (Wildman–Crippen LogP) is 0.255. The van der Waals surface area contributed by atoms with Crippen LogP contribution in [0.3, 0.4) is 0 Å². The number of amides is 1. The zero-order valence-electron chi connectivity index (χ0n) is 9.75. The van der Waals surface area contributed by atoms with E-state index in [0.717, 1.165) is 5.69 Å². The first-order valence-electron chi connectivity index (χ1n) is 5.36. The summed E-state index contributed by atoms with van der Waals surface area (Å²) in [7, 11) is 1.61. The Morgan fingerprint density at radius 2 is 2.44 bits per heavy atom. The van der Waals surface area contributed by atoms with Crippen molar-refractivity contribution in [3.63, 3.8) is 0 Å². The van der Waals surface area contributed by atoms with Crippen molar-refractivity contribution < 1.29 is 9.53 Å². The normalized spacial score (nSPS) is 12.4. The number of aromatic amines is 1. The second-order valence-electron chi connectivity index (χ2n) is 3.58. The molecule has 0 fully saturated rings. The van der Waals surface area contributed by atoms with Crippen LogP contribution in [0.1, 0.15) is 12.6 Å². The molecule has 0 aliphatic rings. The van der Waals surface area contributed by atoms with Crippen molar-refractivity contribution in [2.75, 3.05) is 20.3 Å². The van der Waals surface area contributed by atoms with E-state index in [1.54, 1.807) is 7.11 Å². The van der Waals surface area contributed by atoms with Gasteiger partial charge in [-0.15, -0.1) is 0 Å². The molecule has 1 aromatic heterocycles. The molecular formula is C11H19N3O2. The molecule has 0 aromatic carbocycles. The minimum absolute atomic E-state index is 0.0105. The van der Waals surface area contributed by atoms with Gasteiger partial charge in [0.05, 0.1) is 12.6 Å². The Hall–Kier alpha value is -1.33. The molecule has 1 amide bonds. The lowest BCUT2D eigenvalue weighted by atomic mass is 10.3. The van der Waals surface area contributed by atoms with Crippen molar-refractivity contribution in [3.8, 4) is 0 Å². The molecule has 0 saturated heterocycles. The Bertz CT molecular complexity index is 298. The standard InChI is InChI=1S/C11H19N3O2/c1-9(11(15)13-6-7-16-2)14-8-10-4-3-5-12-10/h3-5,9,12,14H,6-8H2,1-2H3,(H,13,15). The molecule has 0 saturated carbocycles. The molecule has 16 heavy (non-hydrogen) atoms. The molecule has 3 N–H and O–H groups in total. The quantitative estimate of drug-likeness (QED) is 0.583. The fourth-order valence-electron chi connectivity index (χ4n) is 1.26. The highest BCUT2D eigenvalue weighted by Gasteiger charge is 2.10. The highest BCUT2D eigenvalue weighted by molar-refractivity contribution is 5.81. The molecular weight excluding hydrogens is 206 g/mol. The van der Waals surface area contributed by atoms with Crippen LogP contribution >= 0.6 is 0 Å². The van der Waals surface area contributed by atoms with Gasteiger partial charge in [0.15, 0.2) is 0 Å². The minimum atomic E-state index is -0.208. The SMILES string of the molecule is COCCNC(=O)C(C)NCc1ccc[nH]1. The Balaban J connectivity index is 2.18.